The van der Waals surface area contributed by atoms with E-state index in [0.29, 0.717) is 5.75 Å². The van der Waals surface area contributed by atoms with Crippen LogP contribution in [-0.2, 0) is 24.8 Å². The minimum atomic E-state index is -4.20. The number of amides is 1. The molecule has 4 rings (SSSR count). The summed E-state index contributed by atoms with van der Waals surface area (Å²) < 4.78 is 61.8. The molecule has 9 nitrogen and oxygen atoms in total. The molecule has 220 valence electrons. The lowest BCUT2D eigenvalue weighted by Gasteiger charge is -2.24. The summed E-state index contributed by atoms with van der Waals surface area (Å²) in [7, 11) is -6.74. The van der Waals surface area contributed by atoms with E-state index in [1.807, 2.05) is 13.8 Å². The summed E-state index contributed by atoms with van der Waals surface area (Å²) in [6.45, 7) is 3.04. The number of anilines is 3. The molecule has 1 amide bonds. The van der Waals surface area contributed by atoms with Crippen molar-refractivity contribution in [3.63, 3.8) is 0 Å². The first-order chi connectivity index (χ1) is 19.8. The number of aryl methyl sites for hydroxylation is 2. The van der Waals surface area contributed by atoms with Gasteiger partial charge < -0.3 is 10.1 Å². The van der Waals surface area contributed by atoms with Crippen molar-refractivity contribution >= 4 is 66.2 Å². The minimum absolute atomic E-state index is 0.0238. The van der Waals surface area contributed by atoms with Crippen LogP contribution in [0.15, 0.2) is 94.7 Å². The summed E-state index contributed by atoms with van der Waals surface area (Å²) in [5, 5.41) is 2.99. The van der Waals surface area contributed by atoms with Crippen molar-refractivity contribution in [3.05, 3.63) is 106 Å². The molecule has 0 bridgehead atoms. The Morgan fingerprint density at radius 2 is 1.36 bits per heavy atom. The molecule has 0 radical (unpaired) electrons. The molecule has 2 N–H and O–H groups in total. The van der Waals surface area contributed by atoms with E-state index in [4.69, 9.17) is 27.9 Å². The van der Waals surface area contributed by atoms with E-state index in [2.05, 4.69) is 10.0 Å². The Morgan fingerprint density at radius 1 is 0.786 bits per heavy atom. The van der Waals surface area contributed by atoms with Crippen LogP contribution in [0.5, 0.6) is 5.75 Å². The number of rotatable bonds is 10. The van der Waals surface area contributed by atoms with Crippen molar-refractivity contribution < 1.29 is 26.4 Å². The maximum atomic E-state index is 13.6. The Morgan fingerprint density at radius 3 is 1.95 bits per heavy atom. The molecule has 0 saturated heterocycles. The molecule has 0 atom stereocenters. The van der Waals surface area contributed by atoms with Gasteiger partial charge in [-0.3, -0.25) is 13.8 Å². The third kappa shape index (κ3) is 7.35. The summed E-state index contributed by atoms with van der Waals surface area (Å²) in [5.41, 5.74) is 2.34. The lowest BCUT2D eigenvalue weighted by Crippen LogP contribution is -2.38. The van der Waals surface area contributed by atoms with Gasteiger partial charge in [0, 0.05) is 15.7 Å². The van der Waals surface area contributed by atoms with Crippen LogP contribution in [0.25, 0.3) is 0 Å². The zero-order valence-electron chi connectivity index (χ0n) is 22.8. The summed E-state index contributed by atoms with van der Waals surface area (Å²) in [6, 6.07) is 20.9. The van der Waals surface area contributed by atoms with E-state index in [-0.39, 0.29) is 36.9 Å². The predicted octanol–water partition coefficient (Wildman–Crippen LogP) is 6.25. The Kier molecular flexibility index (Phi) is 9.37. The van der Waals surface area contributed by atoms with E-state index < -0.39 is 32.5 Å². The van der Waals surface area contributed by atoms with Crippen molar-refractivity contribution in [1.82, 2.24) is 0 Å². The Balaban J connectivity index is 1.56. The van der Waals surface area contributed by atoms with E-state index in [1.54, 1.807) is 30.3 Å². The number of benzene rings is 4. The monoisotopic (exact) mass is 647 g/mol. The summed E-state index contributed by atoms with van der Waals surface area (Å²) in [6.07, 6.45) is 0. The molecule has 0 aromatic heterocycles. The quantitative estimate of drug-likeness (QED) is 0.210. The highest BCUT2D eigenvalue weighted by Crippen LogP contribution is 2.31. The van der Waals surface area contributed by atoms with Gasteiger partial charge in [0.05, 0.1) is 28.3 Å². The number of carbonyl (C=O) groups is 1. The molecule has 0 fully saturated rings. The molecule has 4 aromatic carbocycles. The number of ether oxygens (including phenoxy) is 1. The van der Waals surface area contributed by atoms with Gasteiger partial charge >= 0.3 is 0 Å². The average molecular weight is 649 g/mol. The van der Waals surface area contributed by atoms with Gasteiger partial charge in [0.15, 0.2) is 0 Å². The van der Waals surface area contributed by atoms with Crippen molar-refractivity contribution in [3.8, 4) is 5.75 Å². The van der Waals surface area contributed by atoms with E-state index >= 15 is 0 Å². The van der Waals surface area contributed by atoms with Crippen molar-refractivity contribution in [2.24, 2.45) is 0 Å². The first-order valence-corrected chi connectivity index (χ1v) is 16.1. The fourth-order valence-corrected chi connectivity index (χ4v) is 6.97. The summed E-state index contributed by atoms with van der Waals surface area (Å²) in [5.74, 6) is -0.320. The van der Waals surface area contributed by atoms with E-state index in [0.717, 1.165) is 15.4 Å². The first-order valence-electron chi connectivity index (χ1n) is 12.4. The number of hydrogen-bond donors (Lipinski definition) is 2. The smallest absolute Gasteiger partial charge is 0.264 e. The van der Waals surface area contributed by atoms with Crippen LogP contribution in [0, 0.1) is 13.8 Å². The van der Waals surface area contributed by atoms with Crippen LogP contribution in [0.4, 0.5) is 17.1 Å². The molecule has 0 aliphatic heterocycles. The van der Waals surface area contributed by atoms with Gasteiger partial charge in [-0.05, 0) is 86.1 Å². The van der Waals surface area contributed by atoms with Crippen LogP contribution < -0.4 is 19.1 Å². The minimum Gasteiger partial charge on any atom is -0.495 e. The van der Waals surface area contributed by atoms with E-state index in [9.17, 15) is 21.6 Å². The highest BCUT2D eigenvalue weighted by atomic mass is 35.5. The SMILES string of the molecule is COc1ccc(C)cc1NS(=O)(=O)c1ccc(NC(=O)CN(c2cc(Cl)cc(Cl)c2)S(=O)(=O)c2ccc(C)cc2)cc1. The molecule has 0 unspecified atom stereocenters. The molecular formula is C29H27Cl2N3O6S2. The second-order valence-electron chi connectivity index (χ2n) is 9.33. The molecule has 0 heterocycles. The van der Waals surface area contributed by atoms with Gasteiger partial charge in [-0.1, -0.05) is 47.0 Å². The van der Waals surface area contributed by atoms with Crippen molar-refractivity contribution in [1.29, 1.82) is 0 Å². The summed E-state index contributed by atoms with van der Waals surface area (Å²) in [4.78, 5) is 13.0. The number of halogens is 2. The second-order valence-corrected chi connectivity index (χ2v) is 13.8. The molecule has 0 aliphatic rings. The standard InChI is InChI=1S/C29H27Cl2N3O6S2/c1-19-4-9-26(10-5-19)42(38,39)34(24-16-21(30)15-22(31)17-24)18-29(35)32-23-7-11-25(12-8-23)41(36,37)33-27-14-20(2)6-13-28(27)40-3/h4-17,33H,18H2,1-3H3,(H,32,35). The average Bonchev–Trinajstić information content (AvgIpc) is 2.91. The number of sulfonamides is 2. The Hall–Kier alpha value is -3.77. The van der Waals surface area contributed by atoms with Gasteiger partial charge in [0.2, 0.25) is 5.91 Å². The number of hydrogen-bond acceptors (Lipinski definition) is 6. The molecule has 13 heteroatoms. The highest BCUT2D eigenvalue weighted by molar-refractivity contribution is 7.93. The molecule has 42 heavy (non-hydrogen) atoms. The Bertz CT molecular complexity index is 1810. The van der Waals surface area contributed by atoms with Gasteiger partial charge in [-0.25, -0.2) is 16.8 Å². The first kappa shape index (κ1) is 31.2. The maximum absolute atomic E-state index is 13.6. The molecule has 0 saturated carbocycles. The molecule has 0 spiro atoms. The fourth-order valence-electron chi connectivity index (χ4n) is 3.99. The third-order valence-electron chi connectivity index (χ3n) is 6.08. The number of nitrogens with one attached hydrogen (secondary N) is 2. The van der Waals surface area contributed by atoms with Crippen molar-refractivity contribution in [2.45, 2.75) is 23.6 Å². The largest absolute Gasteiger partial charge is 0.495 e. The van der Waals surface area contributed by atoms with Crippen LogP contribution in [0.3, 0.4) is 0 Å². The maximum Gasteiger partial charge on any atom is 0.264 e. The zero-order valence-corrected chi connectivity index (χ0v) is 25.9. The van der Waals surface area contributed by atoms with E-state index in [1.165, 1.54) is 61.7 Å². The van der Waals surface area contributed by atoms with Gasteiger partial charge in [0.1, 0.15) is 12.3 Å². The molecule has 4 aromatic rings. The zero-order chi connectivity index (χ0) is 30.7. The van der Waals surface area contributed by atoms with Gasteiger partial charge in [0.25, 0.3) is 20.0 Å². The molecule has 0 aliphatic carbocycles. The summed E-state index contributed by atoms with van der Waals surface area (Å²) >= 11 is 12.3. The Labute approximate surface area is 255 Å². The predicted molar refractivity (Wildman–Crippen MR) is 166 cm³/mol. The normalized spacial score (nSPS) is 11.5. The van der Waals surface area contributed by atoms with Crippen LogP contribution in [0.2, 0.25) is 10.0 Å². The van der Waals surface area contributed by atoms with Crippen LogP contribution >= 0.6 is 23.2 Å². The van der Waals surface area contributed by atoms with Crippen LogP contribution in [0.1, 0.15) is 11.1 Å². The van der Waals surface area contributed by atoms with Crippen LogP contribution in [-0.4, -0.2) is 36.4 Å². The topological polar surface area (TPSA) is 122 Å². The number of carbonyl (C=O) groups excluding carboxylic acids is 1. The number of methoxy groups -OCH3 is 1. The van der Waals surface area contributed by atoms with Crippen molar-refractivity contribution in [2.75, 3.05) is 28.0 Å². The lowest BCUT2D eigenvalue weighted by molar-refractivity contribution is -0.114. The lowest BCUT2D eigenvalue weighted by atomic mass is 10.2. The van der Waals surface area contributed by atoms with Gasteiger partial charge in [-0.15, -0.1) is 0 Å². The highest BCUT2D eigenvalue weighted by Gasteiger charge is 2.28. The molecular weight excluding hydrogens is 621 g/mol. The number of nitrogens with zero attached hydrogens (tertiary/aromatic N) is 1. The fraction of sp³-hybridized carbons (Fsp3) is 0.138. The second kappa shape index (κ2) is 12.6. The van der Waals surface area contributed by atoms with Gasteiger partial charge in [-0.2, -0.15) is 0 Å². The third-order valence-corrected chi connectivity index (χ3v) is 9.69.